The van der Waals surface area contributed by atoms with Crippen LogP contribution in [0.1, 0.15) is 12.8 Å². The molecule has 7 heteroatoms. The Kier molecular flexibility index (Phi) is 3.80. The average molecular weight is 271 g/mol. The molecule has 92 valence electrons. The smallest absolute Gasteiger partial charge is 0.258 e. The van der Waals surface area contributed by atoms with Crippen molar-refractivity contribution in [2.45, 2.75) is 22.8 Å². The molecular weight excluding hydrogens is 258 g/mol. The summed E-state index contributed by atoms with van der Waals surface area (Å²) >= 11 is 2.90. The van der Waals surface area contributed by atoms with Gasteiger partial charge in [-0.1, -0.05) is 29.2 Å². The molecule has 1 aromatic rings. The van der Waals surface area contributed by atoms with Crippen LogP contribution in [-0.4, -0.2) is 34.6 Å². The molecule has 1 fully saturated rings. The van der Waals surface area contributed by atoms with E-state index < -0.39 is 5.60 Å². The highest BCUT2D eigenvalue weighted by Gasteiger charge is 2.50. The van der Waals surface area contributed by atoms with Crippen LogP contribution in [0.2, 0.25) is 0 Å². The lowest BCUT2D eigenvalue weighted by Gasteiger charge is -2.10. The number of carbonyl (C=O) groups excluding carboxylic acids is 1. The van der Waals surface area contributed by atoms with E-state index in [2.05, 4.69) is 22.1 Å². The minimum atomic E-state index is -0.625. The Balaban J connectivity index is 1.92. The summed E-state index contributed by atoms with van der Waals surface area (Å²) in [6.07, 6.45) is 3.34. The van der Waals surface area contributed by atoms with Crippen LogP contribution in [0, 0.1) is 0 Å². The van der Waals surface area contributed by atoms with E-state index in [1.54, 1.807) is 24.9 Å². The van der Waals surface area contributed by atoms with Gasteiger partial charge in [-0.2, -0.15) is 0 Å². The number of aromatic nitrogens is 2. The minimum Gasteiger partial charge on any atom is -0.368 e. The number of anilines is 1. The van der Waals surface area contributed by atoms with Gasteiger partial charge >= 0.3 is 0 Å². The summed E-state index contributed by atoms with van der Waals surface area (Å²) in [7, 11) is 1.55. The first kappa shape index (κ1) is 12.5. The largest absolute Gasteiger partial charge is 0.368 e. The summed E-state index contributed by atoms with van der Waals surface area (Å²) in [5.74, 6) is 0.654. The van der Waals surface area contributed by atoms with Crippen molar-refractivity contribution in [3.05, 3.63) is 12.7 Å². The highest BCUT2D eigenvalue weighted by atomic mass is 32.2. The first-order chi connectivity index (χ1) is 8.20. The molecule has 17 heavy (non-hydrogen) atoms. The number of hydrogen-bond acceptors (Lipinski definition) is 6. The quantitative estimate of drug-likeness (QED) is 0.486. The Labute approximate surface area is 108 Å². The third kappa shape index (κ3) is 2.85. The topological polar surface area (TPSA) is 64.1 Å². The third-order valence-corrected chi connectivity index (χ3v) is 4.43. The van der Waals surface area contributed by atoms with Crippen LogP contribution in [-0.2, 0) is 9.53 Å². The van der Waals surface area contributed by atoms with Gasteiger partial charge in [0.15, 0.2) is 4.34 Å². The van der Waals surface area contributed by atoms with E-state index in [0.29, 0.717) is 5.13 Å². The predicted octanol–water partition coefficient (Wildman–Crippen LogP) is 1.93. The molecule has 0 aromatic carbocycles. The molecule has 0 spiro atoms. The van der Waals surface area contributed by atoms with Crippen LogP contribution in [0.25, 0.3) is 0 Å². The monoisotopic (exact) mass is 271 g/mol. The molecule has 1 saturated carbocycles. The molecule has 1 aliphatic rings. The van der Waals surface area contributed by atoms with Gasteiger partial charge in [0.1, 0.15) is 5.60 Å². The van der Waals surface area contributed by atoms with E-state index in [9.17, 15) is 4.79 Å². The number of thioether (sulfide) groups is 1. The molecular formula is C10H13N3O2S2. The zero-order valence-corrected chi connectivity index (χ0v) is 11.1. The lowest BCUT2D eigenvalue weighted by Crippen LogP contribution is -2.31. The zero-order chi connectivity index (χ0) is 12.3. The maximum atomic E-state index is 11.8. The Bertz CT molecular complexity index is 429. The fraction of sp³-hybridized carbons (Fsp3) is 0.500. The molecule has 0 aliphatic heterocycles. The number of hydrogen-bond donors (Lipinski definition) is 1. The Hall–Kier alpha value is -0.920. The van der Waals surface area contributed by atoms with Gasteiger partial charge in [-0.25, -0.2) is 0 Å². The van der Waals surface area contributed by atoms with Gasteiger partial charge in [0.2, 0.25) is 5.13 Å². The molecule has 0 saturated heterocycles. The van der Waals surface area contributed by atoms with Crippen molar-refractivity contribution in [1.29, 1.82) is 0 Å². The number of nitrogens with one attached hydrogen (secondary N) is 1. The second-order valence-corrected chi connectivity index (χ2v) is 5.87. The maximum Gasteiger partial charge on any atom is 0.258 e. The molecule has 0 bridgehead atoms. The fourth-order valence-electron chi connectivity index (χ4n) is 1.30. The second kappa shape index (κ2) is 5.16. The molecule has 0 radical (unpaired) electrons. The first-order valence-electron chi connectivity index (χ1n) is 5.14. The molecule has 0 unspecified atom stereocenters. The van der Waals surface area contributed by atoms with Gasteiger partial charge in [0.25, 0.3) is 5.91 Å². The molecule has 1 N–H and O–H groups in total. The van der Waals surface area contributed by atoms with Gasteiger partial charge in [0, 0.05) is 12.9 Å². The summed E-state index contributed by atoms with van der Waals surface area (Å²) in [5, 5.41) is 11.1. The van der Waals surface area contributed by atoms with Crippen molar-refractivity contribution >= 4 is 34.1 Å². The lowest BCUT2D eigenvalue weighted by molar-refractivity contribution is -0.128. The van der Waals surface area contributed by atoms with Crippen molar-refractivity contribution in [3.8, 4) is 0 Å². The Morgan fingerprint density at radius 1 is 1.71 bits per heavy atom. The fourth-order valence-corrected chi connectivity index (χ4v) is 2.81. The van der Waals surface area contributed by atoms with E-state index in [4.69, 9.17) is 4.74 Å². The Morgan fingerprint density at radius 2 is 2.47 bits per heavy atom. The SMILES string of the molecule is C=CCSc1nnc(NC(=O)C2(OC)CC2)s1. The van der Waals surface area contributed by atoms with Crippen LogP contribution >= 0.6 is 23.1 Å². The van der Waals surface area contributed by atoms with Gasteiger partial charge in [-0.15, -0.1) is 16.8 Å². The van der Waals surface area contributed by atoms with Gasteiger partial charge in [0.05, 0.1) is 0 Å². The normalized spacial score (nSPS) is 16.5. The predicted molar refractivity (Wildman–Crippen MR) is 68.4 cm³/mol. The van der Waals surface area contributed by atoms with Crippen LogP contribution in [0.5, 0.6) is 0 Å². The zero-order valence-electron chi connectivity index (χ0n) is 9.43. The molecule has 1 amide bonds. The summed E-state index contributed by atoms with van der Waals surface area (Å²) in [5.41, 5.74) is -0.625. The number of amides is 1. The van der Waals surface area contributed by atoms with E-state index in [-0.39, 0.29) is 5.91 Å². The van der Waals surface area contributed by atoms with E-state index >= 15 is 0 Å². The summed E-state index contributed by atoms with van der Waals surface area (Å²) in [6.45, 7) is 3.63. The van der Waals surface area contributed by atoms with Crippen molar-refractivity contribution < 1.29 is 9.53 Å². The molecule has 0 atom stereocenters. The van der Waals surface area contributed by atoms with Crippen LogP contribution < -0.4 is 5.32 Å². The van der Waals surface area contributed by atoms with Gasteiger partial charge < -0.3 is 4.74 Å². The standard InChI is InChI=1S/C10H13N3O2S2/c1-3-6-16-9-13-12-8(17-9)11-7(14)10(15-2)4-5-10/h3H,1,4-6H2,2H3,(H,11,12,14). The van der Waals surface area contributed by atoms with Crippen molar-refractivity contribution in [2.75, 3.05) is 18.2 Å². The average Bonchev–Trinajstić information content (AvgIpc) is 3.03. The second-order valence-electron chi connectivity index (χ2n) is 3.63. The van der Waals surface area contributed by atoms with Crippen molar-refractivity contribution in [3.63, 3.8) is 0 Å². The van der Waals surface area contributed by atoms with Gasteiger partial charge in [-0.3, -0.25) is 10.1 Å². The third-order valence-electron chi connectivity index (χ3n) is 2.46. The molecule has 1 heterocycles. The molecule has 1 aliphatic carbocycles. The highest BCUT2D eigenvalue weighted by Crippen LogP contribution is 2.40. The summed E-state index contributed by atoms with van der Waals surface area (Å²) in [4.78, 5) is 11.8. The summed E-state index contributed by atoms with van der Waals surface area (Å²) in [6, 6.07) is 0. The molecule has 5 nitrogen and oxygen atoms in total. The number of nitrogens with zero attached hydrogens (tertiary/aromatic N) is 2. The number of rotatable bonds is 6. The van der Waals surface area contributed by atoms with E-state index in [0.717, 1.165) is 22.9 Å². The molecule has 1 aromatic heterocycles. The Morgan fingerprint density at radius 3 is 3.06 bits per heavy atom. The minimum absolute atomic E-state index is 0.128. The van der Waals surface area contributed by atoms with Crippen LogP contribution in [0.4, 0.5) is 5.13 Å². The first-order valence-corrected chi connectivity index (χ1v) is 6.94. The van der Waals surface area contributed by atoms with Crippen molar-refractivity contribution in [2.24, 2.45) is 0 Å². The lowest BCUT2D eigenvalue weighted by atomic mass is 10.3. The van der Waals surface area contributed by atoms with E-state index in [1.165, 1.54) is 11.3 Å². The summed E-state index contributed by atoms with van der Waals surface area (Å²) < 4.78 is 6.00. The highest BCUT2D eigenvalue weighted by molar-refractivity contribution is 8.01. The van der Waals surface area contributed by atoms with Crippen molar-refractivity contribution in [1.82, 2.24) is 10.2 Å². The molecule has 2 rings (SSSR count). The van der Waals surface area contributed by atoms with E-state index in [1.807, 2.05) is 0 Å². The van der Waals surface area contributed by atoms with Crippen LogP contribution in [0.3, 0.4) is 0 Å². The number of methoxy groups -OCH3 is 1. The van der Waals surface area contributed by atoms with Gasteiger partial charge in [-0.05, 0) is 12.8 Å². The number of carbonyl (C=O) groups is 1. The maximum absolute atomic E-state index is 11.8. The van der Waals surface area contributed by atoms with Crippen LogP contribution in [0.15, 0.2) is 17.0 Å². The number of ether oxygens (including phenoxy) is 1.